The lowest BCUT2D eigenvalue weighted by Crippen LogP contribution is -2.39. The molecular weight excluding hydrogens is 1920 g/mol. The number of aliphatic hydroxyl groups excluding tert-OH is 3. The fraction of sp³-hybridized carbons (Fsp3) is 0.413. The average molecular weight is 2010 g/mol. The molecular formula is C75H89N22O37P4-5. The maximum Gasteiger partial charge on any atom is 0.361 e. The lowest BCUT2D eigenvalue weighted by Gasteiger charge is -2.32. The van der Waals surface area contributed by atoms with E-state index in [9.17, 15) is 107 Å². The van der Waals surface area contributed by atoms with Crippen LogP contribution in [0, 0.1) is 20.2 Å². The van der Waals surface area contributed by atoms with Crippen LogP contribution in [0.3, 0.4) is 0 Å². The zero-order chi connectivity index (χ0) is 99.7. The van der Waals surface area contributed by atoms with Crippen molar-refractivity contribution in [2.24, 2.45) is 0 Å². The van der Waals surface area contributed by atoms with Crippen molar-refractivity contribution in [2.75, 3.05) is 56.0 Å². The highest BCUT2D eigenvalue weighted by Gasteiger charge is 2.52. The van der Waals surface area contributed by atoms with Gasteiger partial charge in [0.2, 0.25) is 23.6 Å². The Morgan fingerprint density at radius 3 is 1.27 bits per heavy atom. The molecule has 59 nitrogen and oxygen atoms in total. The van der Waals surface area contributed by atoms with E-state index < -0.39 is 213 Å². The number of imidazole rings is 2. The zero-order valence-electron chi connectivity index (χ0n) is 71.6. The standard InChI is InChI=1S/2C35H39N11O18P2.C2H6O.C2H6.CH4/c2*1-2-3-4-23(47)38-12-24-43-26(29(62-24)17-5-7-18(8-6-17)46(51)52)34(49)63-30-21(61-33(28(30)48)45-16-41-27-31(37)39-15-40-32(27)45)14-59-66(56,57)64-19-11-25(44-10-9-22(36)42-35(44)50)60-20(19)13-58-65(53,54)55;1-2-3;1-2;/h2*2,5-10,15-16,19-21,25,28,30,33,48H,1,3-4,11-14H2,(H,38,47)(H,56,57)(H2,36,42,50)(H2,37,39,40)(H2,53,54,55);3H,2H2,1H3;1-2H3;1H4/p-5/t2*19?,20-,21-,25-,28+,30?,33-;;;/m11.../s1. The average Bonchev–Trinajstić information content (AvgIpc) is 1.60. The molecule has 0 spiro atoms. The number of aromatic nitrogens is 14. The Labute approximate surface area is 776 Å². The second-order valence-corrected chi connectivity index (χ2v) is 33.9. The Morgan fingerprint density at radius 1 is 0.551 bits per heavy atom. The van der Waals surface area contributed by atoms with E-state index in [1.54, 1.807) is 6.92 Å². The van der Waals surface area contributed by atoms with Crippen molar-refractivity contribution in [3.05, 3.63) is 188 Å². The summed E-state index contributed by atoms with van der Waals surface area (Å²) in [5.74, 6) is -4.76. The molecule has 0 aliphatic carbocycles. The number of benzene rings is 2. The fourth-order valence-corrected chi connectivity index (χ4v) is 16.1. The molecule has 4 aliphatic heterocycles. The number of non-ortho nitro benzene ring substituents is 2. The number of aliphatic hydroxyl groups is 3. The number of phosphoric ester groups is 4. The van der Waals surface area contributed by atoms with Crippen LogP contribution in [0.15, 0.2) is 142 Å². The molecule has 2 aromatic carbocycles. The number of nitro benzene ring substituents is 2. The molecule has 2 amide bonds. The number of nitrogens with one attached hydrogen (secondary N) is 2. The molecule has 7 unspecified atom stereocenters. The molecule has 0 bridgehead atoms. The minimum Gasteiger partial charge on any atom is -0.790 e. The number of carbonyl (C=O) groups is 4. The molecule has 63 heteroatoms. The summed E-state index contributed by atoms with van der Waals surface area (Å²) in [4.78, 5) is 209. The second kappa shape index (κ2) is 47.1. The van der Waals surface area contributed by atoms with Crippen LogP contribution < -0.4 is 69.4 Å². The van der Waals surface area contributed by atoms with Crippen LogP contribution in [0.1, 0.15) is 124 Å². The molecule has 12 heterocycles. The van der Waals surface area contributed by atoms with Crippen LogP contribution in [-0.2, 0) is 96.5 Å². The monoisotopic (exact) mass is 2010 g/mol. The lowest BCUT2D eigenvalue weighted by molar-refractivity contribution is -0.385. The van der Waals surface area contributed by atoms with E-state index in [0.717, 1.165) is 58.6 Å². The number of amides is 2. The highest BCUT2D eigenvalue weighted by molar-refractivity contribution is 7.46. The number of nitrogens with zero attached hydrogens (tertiary/aromatic N) is 16. The van der Waals surface area contributed by atoms with Crippen LogP contribution in [0.4, 0.5) is 34.6 Å². The van der Waals surface area contributed by atoms with Crippen molar-refractivity contribution in [2.45, 2.75) is 166 Å². The van der Waals surface area contributed by atoms with Crippen LogP contribution in [0.25, 0.3) is 45.0 Å². The van der Waals surface area contributed by atoms with Gasteiger partial charge in [-0.15, -0.1) is 13.2 Å². The van der Waals surface area contributed by atoms with Gasteiger partial charge in [-0.1, -0.05) is 33.4 Å². The molecule has 138 heavy (non-hydrogen) atoms. The summed E-state index contributed by atoms with van der Waals surface area (Å²) in [5.41, 5.74) is 19.9. The number of oxazole rings is 2. The first-order valence-electron chi connectivity index (χ1n) is 40.5. The molecule has 14 N–H and O–H groups in total. The molecule has 14 rings (SSSR count). The molecule has 4 saturated heterocycles. The summed E-state index contributed by atoms with van der Waals surface area (Å²) in [5, 5.41) is 58.9. The van der Waals surface area contributed by atoms with Gasteiger partial charge in [-0.05, 0) is 56.2 Å². The molecule has 4 aliphatic rings. The quantitative estimate of drug-likeness (QED) is 0.00804. The smallest absolute Gasteiger partial charge is 0.361 e. The summed E-state index contributed by atoms with van der Waals surface area (Å²) in [6.07, 6.45) is -13.0. The molecule has 17 atom stereocenters. The van der Waals surface area contributed by atoms with Crippen LogP contribution in [-0.4, -0.2) is 216 Å². The first-order valence-corrected chi connectivity index (χ1v) is 46.3. The van der Waals surface area contributed by atoms with Gasteiger partial charge >= 0.3 is 23.3 Å². The van der Waals surface area contributed by atoms with Gasteiger partial charge in [0.05, 0.1) is 82.0 Å². The van der Waals surface area contributed by atoms with E-state index in [1.165, 1.54) is 70.2 Å². The van der Waals surface area contributed by atoms with Gasteiger partial charge in [-0.3, -0.25) is 61.8 Å². The van der Waals surface area contributed by atoms with Gasteiger partial charge in [-0.25, -0.2) is 59.0 Å². The predicted molar refractivity (Wildman–Crippen MR) is 457 cm³/mol. The van der Waals surface area contributed by atoms with Gasteiger partial charge in [0.25, 0.3) is 34.8 Å². The number of esters is 2. The SMILES string of the molecule is C.C=CCCC(=O)NCc1nc(C(=O)OC2[C@@H](COP(=O)([O-])OC3C[C@H](n4ccc(N)nc4=O)O[C@@H]3COP(=O)([O-])O)O[C@@H](n3cnc4c(N)ncnc43)[C@H]2O)c(-c2ccc([N+](=O)[O-])cc2)o1.C=CCCC(=O)NCc1nc(C(=O)OC2[C@@H](COP(=O)([O-])OC3C[C@H](n4ccc(N)nc4=O)O[C@@H]3COP(=O)([O-])[O-])O[C@@H](n3cnc4c(N)ncnc43)[C@H]2O)c(-c2ccc([N+](=O)[O-])cc2)o1.CC.CCO. The Hall–Kier alpha value is -12.8. The number of hydrogen-bond donors (Lipinski definition) is 10. The van der Waals surface area contributed by atoms with E-state index in [-0.39, 0.29) is 131 Å². The number of phosphoric acid groups is 4. The number of allylic oxidation sites excluding steroid dienone is 2. The van der Waals surface area contributed by atoms with Crippen molar-refractivity contribution in [3.63, 3.8) is 0 Å². The highest BCUT2D eigenvalue weighted by Crippen LogP contribution is 2.50. The third kappa shape index (κ3) is 27.4. The topological polar surface area (TPSA) is 867 Å². The van der Waals surface area contributed by atoms with E-state index in [2.05, 4.69) is 82.7 Å². The third-order valence-corrected chi connectivity index (χ3v) is 22.6. The van der Waals surface area contributed by atoms with Gasteiger partial charge in [0.15, 0.2) is 70.5 Å². The maximum absolute atomic E-state index is 14.1. The van der Waals surface area contributed by atoms with Crippen molar-refractivity contribution < 1.29 is 156 Å². The number of rotatable bonds is 38. The van der Waals surface area contributed by atoms with E-state index in [1.807, 2.05) is 13.8 Å². The highest BCUT2D eigenvalue weighted by atomic mass is 31.2. The summed E-state index contributed by atoms with van der Waals surface area (Å²) in [6, 6.07) is 12.0. The number of nitrogen functional groups attached to an aromatic ring is 4. The molecule has 746 valence electrons. The fourth-order valence-electron chi connectivity index (χ4n) is 13.5. The molecule has 0 saturated carbocycles. The van der Waals surface area contributed by atoms with E-state index >= 15 is 0 Å². The van der Waals surface area contributed by atoms with Crippen LogP contribution in [0.2, 0.25) is 0 Å². The second-order valence-electron chi connectivity index (χ2n) is 28.8. The summed E-state index contributed by atoms with van der Waals surface area (Å²) >= 11 is 0. The lowest BCUT2D eigenvalue weighted by atomic mass is 10.1. The van der Waals surface area contributed by atoms with Crippen molar-refractivity contribution in [1.82, 2.24) is 78.7 Å². The van der Waals surface area contributed by atoms with Crippen molar-refractivity contribution in [3.8, 4) is 22.6 Å². The maximum atomic E-state index is 14.1. The van der Waals surface area contributed by atoms with Crippen LogP contribution >= 0.6 is 31.3 Å². The largest absolute Gasteiger partial charge is 0.790 e. The number of nitrogens with two attached hydrogens (primary N) is 4. The normalized spacial score (nSPS) is 22.3. The zero-order valence-corrected chi connectivity index (χ0v) is 75.2. The molecule has 10 aromatic rings. The van der Waals surface area contributed by atoms with Gasteiger partial charge in [-0.2, -0.15) is 9.97 Å². The number of hydrogen-bond acceptors (Lipinski definition) is 50. The Balaban J connectivity index is 0.000000270. The molecule has 0 radical (unpaired) electrons. The number of nitro groups is 2. The summed E-state index contributed by atoms with van der Waals surface area (Å²) in [6.45, 7) is 8.29. The minimum atomic E-state index is -5.63. The van der Waals surface area contributed by atoms with E-state index in [0.29, 0.717) is 12.8 Å². The van der Waals surface area contributed by atoms with Gasteiger partial charge in [0, 0.05) is 80.1 Å². The first kappa shape index (κ1) is 107. The Morgan fingerprint density at radius 2 is 0.920 bits per heavy atom. The van der Waals surface area contributed by atoms with Crippen molar-refractivity contribution >= 4 is 112 Å². The van der Waals surface area contributed by atoms with Gasteiger partial charge in [0.1, 0.15) is 84.4 Å². The Bertz CT molecular complexity index is 5960. The molecule has 8 aromatic heterocycles. The summed E-state index contributed by atoms with van der Waals surface area (Å²) in [7, 11) is -22.2. The summed E-state index contributed by atoms with van der Waals surface area (Å²) < 4.78 is 130. The van der Waals surface area contributed by atoms with Gasteiger partial charge < -0.3 is 147 Å². The van der Waals surface area contributed by atoms with Crippen LogP contribution in [0.5, 0.6) is 0 Å². The number of carbonyl (C=O) groups excluding carboxylic acids is 4. The first-order chi connectivity index (χ1) is 65.0. The molecule has 4 fully saturated rings. The van der Waals surface area contributed by atoms with E-state index in [4.69, 9.17) is 83.4 Å². The predicted octanol–water partition coefficient (Wildman–Crippen LogP) is 0.0531. The third-order valence-electron chi connectivity index (χ3n) is 19.7. The van der Waals surface area contributed by atoms with Crippen molar-refractivity contribution in [1.29, 1.82) is 0 Å². The number of fused-ring (bicyclic) bond motifs is 2. The number of anilines is 4. The number of ether oxygens (including phenoxy) is 6. The minimum absolute atomic E-state index is 0. The Kier molecular flexibility index (Phi) is 36.6.